The van der Waals surface area contributed by atoms with Crippen LogP contribution < -0.4 is 5.32 Å². The Morgan fingerprint density at radius 2 is 1.95 bits per heavy atom. The van der Waals surface area contributed by atoms with Crippen LogP contribution in [0, 0.1) is 0 Å². The monoisotopic (exact) mass is 291 g/mol. The minimum absolute atomic E-state index is 0.0679. The van der Waals surface area contributed by atoms with Crippen LogP contribution >= 0.6 is 0 Å². The van der Waals surface area contributed by atoms with Crippen molar-refractivity contribution in [2.75, 3.05) is 13.2 Å². The Morgan fingerprint density at radius 1 is 1.19 bits per heavy atom. The molecule has 3 heteroatoms. The first-order valence-corrected chi connectivity index (χ1v) is 8.15. The molecule has 0 heterocycles. The number of ether oxygens (including phenoxy) is 1. The number of carbonyl (C=O) groups excluding carboxylic acids is 1. The highest BCUT2D eigenvalue weighted by atomic mass is 16.5. The molecule has 0 bridgehead atoms. The van der Waals surface area contributed by atoms with Crippen LogP contribution in [0.25, 0.3) is 0 Å². The topological polar surface area (TPSA) is 38.3 Å². The average molecular weight is 291 g/mol. The van der Waals surface area contributed by atoms with Gasteiger partial charge in [-0.25, -0.2) is 0 Å². The van der Waals surface area contributed by atoms with Gasteiger partial charge in [0.1, 0.15) is 0 Å². The van der Waals surface area contributed by atoms with Gasteiger partial charge in [0.2, 0.25) is 0 Å². The molecule has 1 N–H and O–H groups in total. The number of rotatable bonds is 11. The van der Waals surface area contributed by atoms with Gasteiger partial charge in [0.25, 0.3) is 0 Å². The summed E-state index contributed by atoms with van der Waals surface area (Å²) in [6.07, 6.45) is 5.97. The molecule has 0 spiro atoms. The summed E-state index contributed by atoms with van der Waals surface area (Å²) in [5, 5.41) is 3.55. The Bertz CT molecular complexity index is 378. The van der Waals surface area contributed by atoms with Crippen molar-refractivity contribution in [1.29, 1.82) is 0 Å². The van der Waals surface area contributed by atoms with Crippen LogP contribution in [0.15, 0.2) is 30.3 Å². The van der Waals surface area contributed by atoms with Gasteiger partial charge in [-0.2, -0.15) is 0 Å². The molecule has 0 radical (unpaired) electrons. The Kier molecular flexibility index (Phi) is 9.55. The highest BCUT2D eigenvalue weighted by Crippen LogP contribution is 2.05. The first-order chi connectivity index (χ1) is 10.2. The van der Waals surface area contributed by atoms with E-state index < -0.39 is 0 Å². The van der Waals surface area contributed by atoms with Crippen LogP contribution in [0.2, 0.25) is 0 Å². The van der Waals surface area contributed by atoms with E-state index in [1.165, 1.54) is 5.56 Å². The van der Waals surface area contributed by atoms with E-state index >= 15 is 0 Å². The van der Waals surface area contributed by atoms with E-state index in [4.69, 9.17) is 4.74 Å². The summed E-state index contributed by atoms with van der Waals surface area (Å²) in [6, 6.07) is 11.1. The Balaban J connectivity index is 1.96. The van der Waals surface area contributed by atoms with Gasteiger partial charge in [0.05, 0.1) is 6.61 Å². The molecule has 0 saturated heterocycles. The van der Waals surface area contributed by atoms with Gasteiger partial charge in [-0.05, 0) is 51.6 Å². The molecule has 118 valence electrons. The zero-order valence-electron chi connectivity index (χ0n) is 13.4. The van der Waals surface area contributed by atoms with Crippen LogP contribution in [0.5, 0.6) is 0 Å². The third-order valence-corrected chi connectivity index (χ3v) is 3.56. The zero-order chi connectivity index (χ0) is 15.3. The summed E-state index contributed by atoms with van der Waals surface area (Å²) >= 11 is 0. The first kappa shape index (κ1) is 17.7. The zero-order valence-corrected chi connectivity index (χ0v) is 13.4. The summed E-state index contributed by atoms with van der Waals surface area (Å²) in [5.74, 6) is -0.0679. The van der Waals surface area contributed by atoms with Crippen molar-refractivity contribution in [2.45, 2.75) is 58.4 Å². The van der Waals surface area contributed by atoms with E-state index in [1.807, 2.05) is 6.92 Å². The summed E-state index contributed by atoms with van der Waals surface area (Å²) in [4.78, 5) is 11.2. The van der Waals surface area contributed by atoms with Crippen molar-refractivity contribution < 1.29 is 9.53 Å². The highest BCUT2D eigenvalue weighted by Gasteiger charge is 2.03. The lowest BCUT2D eigenvalue weighted by molar-refractivity contribution is -0.143. The standard InChI is InChI=1S/C18H29NO2/c1-3-21-18(20)12-8-5-9-15-19-16(2)13-14-17-10-6-4-7-11-17/h4,6-7,10-11,16,19H,3,5,8-9,12-15H2,1-2H3. The van der Waals surface area contributed by atoms with Gasteiger partial charge in [-0.3, -0.25) is 4.79 Å². The predicted octanol–water partition coefficient (Wildman–Crippen LogP) is 3.72. The van der Waals surface area contributed by atoms with E-state index in [9.17, 15) is 4.79 Å². The molecule has 0 aliphatic rings. The van der Waals surface area contributed by atoms with Gasteiger partial charge in [0, 0.05) is 12.5 Å². The Morgan fingerprint density at radius 3 is 2.67 bits per heavy atom. The molecule has 0 aromatic heterocycles. The lowest BCUT2D eigenvalue weighted by Crippen LogP contribution is -2.27. The molecule has 0 amide bonds. The molecule has 0 saturated carbocycles. The van der Waals surface area contributed by atoms with Gasteiger partial charge in [0.15, 0.2) is 0 Å². The van der Waals surface area contributed by atoms with E-state index in [2.05, 4.69) is 42.6 Å². The number of unbranched alkanes of at least 4 members (excludes halogenated alkanes) is 2. The van der Waals surface area contributed by atoms with Crippen molar-refractivity contribution in [3.05, 3.63) is 35.9 Å². The molecule has 1 unspecified atom stereocenters. The van der Waals surface area contributed by atoms with Crippen LogP contribution in [-0.2, 0) is 16.0 Å². The van der Waals surface area contributed by atoms with Crippen molar-refractivity contribution in [2.24, 2.45) is 0 Å². The van der Waals surface area contributed by atoms with Crippen molar-refractivity contribution in [1.82, 2.24) is 5.32 Å². The van der Waals surface area contributed by atoms with E-state index in [-0.39, 0.29) is 5.97 Å². The van der Waals surface area contributed by atoms with Crippen LogP contribution in [-0.4, -0.2) is 25.2 Å². The Labute approximate surface area is 129 Å². The third-order valence-electron chi connectivity index (χ3n) is 3.56. The van der Waals surface area contributed by atoms with Crippen LogP contribution in [0.4, 0.5) is 0 Å². The fraction of sp³-hybridized carbons (Fsp3) is 0.611. The molecule has 0 fully saturated rings. The Hall–Kier alpha value is -1.35. The number of aryl methyl sites for hydroxylation is 1. The van der Waals surface area contributed by atoms with Gasteiger partial charge >= 0.3 is 5.97 Å². The molecule has 1 atom stereocenters. The lowest BCUT2D eigenvalue weighted by Gasteiger charge is -2.13. The average Bonchev–Trinajstić information content (AvgIpc) is 2.50. The van der Waals surface area contributed by atoms with Gasteiger partial charge in [-0.1, -0.05) is 36.8 Å². The van der Waals surface area contributed by atoms with Crippen LogP contribution in [0.1, 0.15) is 51.5 Å². The summed E-state index contributed by atoms with van der Waals surface area (Å²) < 4.78 is 4.91. The molecule has 21 heavy (non-hydrogen) atoms. The number of hydrogen-bond donors (Lipinski definition) is 1. The number of nitrogens with one attached hydrogen (secondary N) is 1. The second-order valence-electron chi connectivity index (χ2n) is 5.50. The van der Waals surface area contributed by atoms with Gasteiger partial charge in [-0.15, -0.1) is 0 Å². The largest absolute Gasteiger partial charge is 0.466 e. The number of benzene rings is 1. The maximum Gasteiger partial charge on any atom is 0.305 e. The van der Waals surface area contributed by atoms with Crippen LogP contribution in [0.3, 0.4) is 0 Å². The molecular weight excluding hydrogens is 262 g/mol. The van der Waals surface area contributed by atoms with E-state index in [0.29, 0.717) is 19.1 Å². The smallest absolute Gasteiger partial charge is 0.305 e. The molecule has 0 aliphatic heterocycles. The SMILES string of the molecule is CCOC(=O)CCCCCNC(C)CCc1ccccc1. The number of hydrogen-bond acceptors (Lipinski definition) is 3. The number of carbonyl (C=O) groups is 1. The molecule has 3 nitrogen and oxygen atoms in total. The van der Waals surface area contributed by atoms with Gasteiger partial charge < -0.3 is 10.1 Å². The van der Waals surface area contributed by atoms with Crippen molar-refractivity contribution >= 4 is 5.97 Å². The number of esters is 1. The lowest BCUT2D eigenvalue weighted by atomic mass is 10.1. The fourth-order valence-corrected chi connectivity index (χ4v) is 2.28. The molecule has 1 aromatic carbocycles. The maximum absolute atomic E-state index is 11.2. The maximum atomic E-state index is 11.2. The summed E-state index contributed by atoms with van der Waals surface area (Å²) in [7, 11) is 0. The van der Waals surface area contributed by atoms with E-state index in [1.54, 1.807) is 0 Å². The van der Waals surface area contributed by atoms with E-state index in [0.717, 1.165) is 38.6 Å². The quantitative estimate of drug-likeness (QED) is 0.499. The fourth-order valence-electron chi connectivity index (χ4n) is 2.28. The highest BCUT2D eigenvalue weighted by molar-refractivity contribution is 5.69. The van der Waals surface area contributed by atoms with Crippen molar-refractivity contribution in [3.8, 4) is 0 Å². The van der Waals surface area contributed by atoms with Crippen molar-refractivity contribution in [3.63, 3.8) is 0 Å². The second-order valence-corrected chi connectivity index (χ2v) is 5.50. The molecular formula is C18H29NO2. The minimum atomic E-state index is -0.0679. The molecule has 0 aliphatic carbocycles. The normalized spacial score (nSPS) is 12.1. The summed E-state index contributed by atoms with van der Waals surface area (Å²) in [5.41, 5.74) is 1.40. The minimum Gasteiger partial charge on any atom is -0.466 e. The molecule has 1 rings (SSSR count). The molecule has 1 aromatic rings. The first-order valence-electron chi connectivity index (χ1n) is 8.15. The predicted molar refractivity (Wildman–Crippen MR) is 87.3 cm³/mol. The summed E-state index contributed by atoms with van der Waals surface area (Å²) in [6.45, 7) is 5.60. The third kappa shape index (κ3) is 9.24. The second kappa shape index (κ2) is 11.3.